The highest BCUT2D eigenvalue weighted by Gasteiger charge is 2.20. The Bertz CT molecular complexity index is 204. The molecule has 2 N–H and O–H groups in total. The van der Waals surface area contributed by atoms with E-state index in [4.69, 9.17) is 10.5 Å². The van der Waals surface area contributed by atoms with Gasteiger partial charge in [-0.25, -0.2) is 0 Å². The summed E-state index contributed by atoms with van der Waals surface area (Å²) in [6.45, 7) is 5.77. The van der Waals surface area contributed by atoms with Gasteiger partial charge in [-0.05, 0) is 13.3 Å². The van der Waals surface area contributed by atoms with E-state index in [0.717, 1.165) is 6.42 Å². The zero-order chi connectivity index (χ0) is 11.1. The van der Waals surface area contributed by atoms with Crippen molar-refractivity contribution in [3.05, 3.63) is 0 Å². The van der Waals surface area contributed by atoms with Crippen LogP contribution in [0.25, 0.3) is 0 Å². The van der Waals surface area contributed by atoms with Gasteiger partial charge >= 0.3 is 5.97 Å². The summed E-state index contributed by atoms with van der Waals surface area (Å²) < 4.78 is 4.70. The first-order valence-corrected chi connectivity index (χ1v) is 4.97. The number of hydrogen-bond acceptors (Lipinski definition) is 4. The fourth-order valence-corrected chi connectivity index (χ4v) is 0.978. The maximum atomic E-state index is 11.4. The fourth-order valence-electron chi connectivity index (χ4n) is 0.978. The van der Waals surface area contributed by atoms with E-state index in [0.29, 0.717) is 6.61 Å². The van der Waals surface area contributed by atoms with Crippen molar-refractivity contribution >= 4 is 11.8 Å². The van der Waals surface area contributed by atoms with Crippen LogP contribution < -0.4 is 5.73 Å². The van der Waals surface area contributed by atoms with Gasteiger partial charge in [-0.2, -0.15) is 0 Å². The van der Waals surface area contributed by atoms with Crippen LogP contribution in [-0.2, 0) is 14.3 Å². The van der Waals surface area contributed by atoms with Crippen molar-refractivity contribution in [2.45, 2.75) is 39.7 Å². The van der Waals surface area contributed by atoms with Gasteiger partial charge in [0.2, 0.25) is 0 Å². The molecule has 4 heteroatoms. The number of Topliss-reactive ketones (excluding diaryl/α,β-unsaturated/α-hetero) is 1. The topological polar surface area (TPSA) is 69.4 Å². The molecule has 0 aliphatic carbocycles. The molecule has 0 heterocycles. The van der Waals surface area contributed by atoms with Crippen molar-refractivity contribution in [1.82, 2.24) is 0 Å². The van der Waals surface area contributed by atoms with E-state index in [1.165, 1.54) is 0 Å². The highest BCUT2D eigenvalue weighted by Crippen LogP contribution is 2.07. The average Bonchev–Trinajstić information content (AvgIpc) is 2.16. The number of ketones is 1. The summed E-state index contributed by atoms with van der Waals surface area (Å²) in [6, 6.07) is -0.809. The average molecular weight is 201 g/mol. The van der Waals surface area contributed by atoms with Gasteiger partial charge < -0.3 is 10.5 Å². The Kier molecular flexibility index (Phi) is 6.12. The molecule has 2 atom stereocenters. The third-order valence-electron chi connectivity index (χ3n) is 2.17. The van der Waals surface area contributed by atoms with Crippen molar-refractivity contribution in [1.29, 1.82) is 0 Å². The Hall–Kier alpha value is -0.900. The molecule has 0 rings (SSSR count). The van der Waals surface area contributed by atoms with Crippen molar-refractivity contribution in [3.63, 3.8) is 0 Å². The number of carbonyl (C=O) groups is 2. The number of ether oxygens (including phenoxy) is 1. The Balaban J connectivity index is 3.99. The van der Waals surface area contributed by atoms with E-state index >= 15 is 0 Å². The van der Waals surface area contributed by atoms with Gasteiger partial charge in [0, 0.05) is 12.3 Å². The third kappa shape index (κ3) is 4.37. The highest BCUT2D eigenvalue weighted by atomic mass is 16.5. The van der Waals surface area contributed by atoms with Gasteiger partial charge in [0.1, 0.15) is 11.8 Å². The van der Waals surface area contributed by atoms with Gasteiger partial charge in [-0.15, -0.1) is 0 Å². The minimum atomic E-state index is -0.809. The van der Waals surface area contributed by atoms with Gasteiger partial charge in [0.15, 0.2) is 0 Å². The normalized spacial score (nSPS) is 14.6. The van der Waals surface area contributed by atoms with Crippen molar-refractivity contribution in [3.8, 4) is 0 Å². The van der Waals surface area contributed by atoms with Crippen LogP contribution >= 0.6 is 0 Å². The molecule has 14 heavy (non-hydrogen) atoms. The first-order valence-electron chi connectivity index (χ1n) is 4.97. The van der Waals surface area contributed by atoms with Crippen LogP contribution in [0.3, 0.4) is 0 Å². The lowest BCUT2D eigenvalue weighted by Gasteiger charge is -2.12. The second kappa shape index (κ2) is 6.54. The van der Waals surface area contributed by atoms with Crippen LogP contribution in [-0.4, -0.2) is 24.4 Å². The molecule has 0 amide bonds. The van der Waals surface area contributed by atoms with E-state index in [1.807, 2.05) is 13.8 Å². The summed E-state index contributed by atoms with van der Waals surface area (Å²) in [5.74, 6) is -0.507. The molecule has 0 spiro atoms. The Labute approximate surface area is 84.8 Å². The Morgan fingerprint density at radius 1 is 1.36 bits per heavy atom. The number of esters is 1. The molecule has 0 aliphatic rings. The first kappa shape index (κ1) is 13.1. The number of hydrogen-bond donors (Lipinski definition) is 1. The molecule has 0 aromatic heterocycles. The van der Waals surface area contributed by atoms with Crippen LogP contribution in [0.4, 0.5) is 0 Å². The SMILES string of the molecule is CCOC(=O)C(N)CC(=O)C(C)CC. The first-order chi connectivity index (χ1) is 6.52. The monoisotopic (exact) mass is 201 g/mol. The molecule has 0 bridgehead atoms. The number of rotatable bonds is 6. The predicted molar refractivity (Wildman–Crippen MR) is 53.7 cm³/mol. The number of nitrogens with two attached hydrogens (primary N) is 1. The molecular weight excluding hydrogens is 182 g/mol. The minimum absolute atomic E-state index is 0.0213. The molecule has 0 radical (unpaired) electrons. The molecular formula is C10H19NO3. The summed E-state index contributed by atoms with van der Waals surface area (Å²) in [5.41, 5.74) is 5.50. The fraction of sp³-hybridized carbons (Fsp3) is 0.800. The molecule has 0 aliphatic heterocycles. The molecule has 0 aromatic rings. The van der Waals surface area contributed by atoms with Crippen LogP contribution in [0, 0.1) is 5.92 Å². The maximum Gasteiger partial charge on any atom is 0.323 e. The van der Waals surface area contributed by atoms with Gasteiger partial charge in [0.05, 0.1) is 6.61 Å². The quantitative estimate of drug-likeness (QED) is 0.648. The molecule has 0 fully saturated rings. The minimum Gasteiger partial charge on any atom is -0.465 e. The molecule has 0 saturated heterocycles. The van der Waals surface area contributed by atoms with Crippen LogP contribution in [0.2, 0.25) is 0 Å². The van der Waals surface area contributed by atoms with E-state index in [-0.39, 0.29) is 18.1 Å². The molecule has 2 unspecified atom stereocenters. The lowest BCUT2D eigenvalue weighted by atomic mass is 9.98. The summed E-state index contributed by atoms with van der Waals surface area (Å²) >= 11 is 0. The van der Waals surface area contributed by atoms with Crippen molar-refractivity contribution in [2.75, 3.05) is 6.61 Å². The zero-order valence-corrected chi connectivity index (χ0v) is 9.08. The smallest absolute Gasteiger partial charge is 0.323 e. The summed E-state index contributed by atoms with van der Waals surface area (Å²) in [5, 5.41) is 0. The van der Waals surface area contributed by atoms with Crippen LogP contribution in [0.5, 0.6) is 0 Å². The summed E-state index contributed by atoms with van der Waals surface area (Å²) in [6.07, 6.45) is 0.849. The van der Waals surface area contributed by atoms with E-state index in [2.05, 4.69) is 0 Å². The van der Waals surface area contributed by atoms with Gasteiger partial charge in [-0.1, -0.05) is 13.8 Å². The lowest BCUT2D eigenvalue weighted by Crippen LogP contribution is -2.35. The largest absolute Gasteiger partial charge is 0.465 e. The third-order valence-corrected chi connectivity index (χ3v) is 2.17. The molecule has 0 aromatic carbocycles. The molecule has 0 saturated carbocycles. The predicted octanol–water partition coefficient (Wildman–Crippen LogP) is 0.882. The van der Waals surface area contributed by atoms with Crippen LogP contribution in [0.15, 0.2) is 0 Å². The Morgan fingerprint density at radius 2 is 1.93 bits per heavy atom. The van der Waals surface area contributed by atoms with Crippen molar-refractivity contribution < 1.29 is 14.3 Å². The Morgan fingerprint density at radius 3 is 2.36 bits per heavy atom. The van der Waals surface area contributed by atoms with E-state index in [1.54, 1.807) is 6.92 Å². The van der Waals surface area contributed by atoms with Crippen LogP contribution in [0.1, 0.15) is 33.6 Å². The van der Waals surface area contributed by atoms with Gasteiger partial charge in [-0.3, -0.25) is 9.59 Å². The summed E-state index contributed by atoms with van der Waals surface area (Å²) in [7, 11) is 0. The van der Waals surface area contributed by atoms with Gasteiger partial charge in [0.25, 0.3) is 0 Å². The second-order valence-corrected chi connectivity index (χ2v) is 3.34. The van der Waals surface area contributed by atoms with Crippen molar-refractivity contribution in [2.24, 2.45) is 11.7 Å². The van der Waals surface area contributed by atoms with E-state index in [9.17, 15) is 9.59 Å². The lowest BCUT2D eigenvalue weighted by molar-refractivity contribution is -0.146. The molecule has 82 valence electrons. The zero-order valence-electron chi connectivity index (χ0n) is 9.08. The highest BCUT2D eigenvalue weighted by molar-refractivity contribution is 5.87. The number of carbonyl (C=O) groups excluding carboxylic acids is 2. The van der Waals surface area contributed by atoms with E-state index < -0.39 is 12.0 Å². The standard InChI is InChI=1S/C10H19NO3/c1-4-7(3)9(12)6-8(11)10(13)14-5-2/h7-8H,4-6,11H2,1-3H3. The summed E-state index contributed by atoms with van der Waals surface area (Å²) in [4.78, 5) is 22.5. The second-order valence-electron chi connectivity index (χ2n) is 3.34. The molecule has 4 nitrogen and oxygen atoms in total. The maximum absolute atomic E-state index is 11.4.